The highest BCUT2D eigenvalue weighted by Crippen LogP contribution is 2.30. The van der Waals surface area contributed by atoms with Gasteiger partial charge in [0.05, 0.1) is 20.3 Å². The lowest BCUT2D eigenvalue weighted by Gasteiger charge is -2.17. The number of methoxy groups -OCH3 is 2. The van der Waals surface area contributed by atoms with Crippen molar-refractivity contribution in [2.75, 3.05) is 19.5 Å². The van der Waals surface area contributed by atoms with Crippen LogP contribution in [0.1, 0.15) is 18.5 Å². The van der Waals surface area contributed by atoms with Crippen LogP contribution in [0.4, 0.5) is 5.82 Å². The number of halogens is 1. The maximum absolute atomic E-state index is 5.32. The highest BCUT2D eigenvalue weighted by Gasteiger charge is 2.10. The average Bonchev–Trinajstić information content (AvgIpc) is 2.46. The van der Waals surface area contributed by atoms with Gasteiger partial charge in [0.1, 0.15) is 10.4 Å². The molecule has 0 aliphatic carbocycles. The summed E-state index contributed by atoms with van der Waals surface area (Å²) in [6, 6.07) is 11.8. The molecule has 0 spiro atoms. The Kier molecular flexibility index (Phi) is 4.84. The van der Waals surface area contributed by atoms with Crippen LogP contribution in [0.5, 0.6) is 11.5 Å². The van der Waals surface area contributed by atoms with Gasteiger partial charge < -0.3 is 14.8 Å². The number of pyridine rings is 1. The van der Waals surface area contributed by atoms with E-state index < -0.39 is 0 Å². The number of nitrogens with zero attached hydrogens (tertiary/aromatic N) is 1. The zero-order valence-corrected chi connectivity index (χ0v) is 13.3. The molecule has 0 radical (unpaired) electrons. The van der Waals surface area contributed by atoms with Crippen molar-refractivity contribution < 1.29 is 9.47 Å². The minimum Gasteiger partial charge on any atom is -0.493 e. The molecular formula is C15H17BrN2O2. The molecule has 0 saturated carbocycles. The summed E-state index contributed by atoms with van der Waals surface area (Å²) in [6.45, 7) is 2.07. The first-order valence-corrected chi connectivity index (χ1v) is 7.04. The molecule has 2 aromatic rings. The summed E-state index contributed by atoms with van der Waals surface area (Å²) < 4.78 is 11.4. The molecule has 1 aromatic carbocycles. The third kappa shape index (κ3) is 3.42. The van der Waals surface area contributed by atoms with E-state index in [1.165, 1.54) is 0 Å². The van der Waals surface area contributed by atoms with Gasteiger partial charge in [-0.3, -0.25) is 0 Å². The van der Waals surface area contributed by atoms with Crippen molar-refractivity contribution in [3.05, 3.63) is 46.6 Å². The molecule has 2 rings (SSSR count). The van der Waals surface area contributed by atoms with Crippen LogP contribution < -0.4 is 14.8 Å². The maximum Gasteiger partial charge on any atom is 0.161 e. The van der Waals surface area contributed by atoms with Gasteiger partial charge in [-0.25, -0.2) is 4.98 Å². The lowest BCUT2D eigenvalue weighted by Crippen LogP contribution is -2.08. The van der Waals surface area contributed by atoms with E-state index in [1.54, 1.807) is 14.2 Å². The number of anilines is 1. The standard InChI is InChI=1S/C15H17BrN2O2/c1-10(17-15-6-4-5-14(16)18-15)11-7-8-12(19-2)13(9-11)20-3/h4-10H,1-3H3,(H,17,18). The van der Waals surface area contributed by atoms with E-state index in [0.29, 0.717) is 0 Å². The van der Waals surface area contributed by atoms with Crippen LogP contribution in [-0.4, -0.2) is 19.2 Å². The largest absolute Gasteiger partial charge is 0.493 e. The Morgan fingerprint density at radius 2 is 1.85 bits per heavy atom. The van der Waals surface area contributed by atoms with Gasteiger partial charge in [0.2, 0.25) is 0 Å². The number of hydrogen-bond donors (Lipinski definition) is 1. The van der Waals surface area contributed by atoms with Crippen LogP contribution >= 0.6 is 15.9 Å². The minimum atomic E-state index is 0.108. The monoisotopic (exact) mass is 336 g/mol. The second-order valence-electron chi connectivity index (χ2n) is 4.33. The fourth-order valence-electron chi connectivity index (χ4n) is 1.92. The van der Waals surface area contributed by atoms with Crippen LogP contribution in [0.2, 0.25) is 0 Å². The van der Waals surface area contributed by atoms with Crippen LogP contribution in [-0.2, 0) is 0 Å². The first-order valence-electron chi connectivity index (χ1n) is 6.25. The van der Waals surface area contributed by atoms with Crippen molar-refractivity contribution in [1.29, 1.82) is 0 Å². The number of rotatable bonds is 5. The fourth-order valence-corrected chi connectivity index (χ4v) is 2.26. The second kappa shape index (κ2) is 6.61. The average molecular weight is 337 g/mol. The molecule has 1 atom stereocenters. The molecule has 1 N–H and O–H groups in total. The molecule has 0 saturated heterocycles. The quantitative estimate of drug-likeness (QED) is 0.837. The molecule has 20 heavy (non-hydrogen) atoms. The highest BCUT2D eigenvalue weighted by atomic mass is 79.9. The number of aromatic nitrogens is 1. The number of hydrogen-bond acceptors (Lipinski definition) is 4. The third-order valence-corrected chi connectivity index (χ3v) is 3.43. The normalized spacial score (nSPS) is 11.8. The number of benzene rings is 1. The van der Waals surface area contributed by atoms with E-state index >= 15 is 0 Å². The molecule has 0 aliphatic rings. The summed E-state index contributed by atoms with van der Waals surface area (Å²) in [7, 11) is 3.26. The Hall–Kier alpha value is -1.75. The summed E-state index contributed by atoms with van der Waals surface area (Å²) in [5.41, 5.74) is 1.10. The second-order valence-corrected chi connectivity index (χ2v) is 5.14. The molecule has 1 heterocycles. The van der Waals surface area contributed by atoms with Gasteiger partial charge in [0.15, 0.2) is 11.5 Å². The number of ether oxygens (including phenoxy) is 2. The SMILES string of the molecule is COc1ccc(C(C)Nc2cccc(Br)n2)cc1OC. The topological polar surface area (TPSA) is 43.4 Å². The van der Waals surface area contributed by atoms with E-state index in [4.69, 9.17) is 9.47 Å². The molecule has 1 aromatic heterocycles. The van der Waals surface area contributed by atoms with E-state index in [-0.39, 0.29) is 6.04 Å². The Bertz CT molecular complexity index is 590. The summed E-state index contributed by atoms with van der Waals surface area (Å²) in [5, 5.41) is 3.35. The van der Waals surface area contributed by atoms with Gasteiger partial charge >= 0.3 is 0 Å². The smallest absolute Gasteiger partial charge is 0.161 e. The van der Waals surface area contributed by atoms with Crippen molar-refractivity contribution in [1.82, 2.24) is 4.98 Å². The zero-order chi connectivity index (χ0) is 14.5. The zero-order valence-electron chi connectivity index (χ0n) is 11.7. The van der Waals surface area contributed by atoms with E-state index in [9.17, 15) is 0 Å². The fraction of sp³-hybridized carbons (Fsp3) is 0.267. The van der Waals surface area contributed by atoms with Crippen molar-refractivity contribution in [3.8, 4) is 11.5 Å². The summed E-state index contributed by atoms with van der Waals surface area (Å²) >= 11 is 3.36. The van der Waals surface area contributed by atoms with E-state index in [1.807, 2.05) is 36.4 Å². The summed E-state index contributed by atoms with van der Waals surface area (Å²) in [5.74, 6) is 2.27. The predicted octanol–water partition coefficient (Wildman–Crippen LogP) is 4.03. The van der Waals surface area contributed by atoms with E-state index in [0.717, 1.165) is 27.5 Å². The first-order chi connectivity index (χ1) is 9.63. The van der Waals surface area contributed by atoms with Gasteiger partial charge in [-0.15, -0.1) is 0 Å². The van der Waals surface area contributed by atoms with Gasteiger partial charge in [-0.05, 0) is 52.7 Å². The molecule has 4 nitrogen and oxygen atoms in total. The Balaban J connectivity index is 2.18. The third-order valence-electron chi connectivity index (χ3n) is 2.99. The van der Waals surface area contributed by atoms with Crippen molar-refractivity contribution >= 4 is 21.7 Å². The van der Waals surface area contributed by atoms with Crippen LogP contribution in [0, 0.1) is 0 Å². The van der Waals surface area contributed by atoms with Gasteiger partial charge in [-0.2, -0.15) is 0 Å². The Morgan fingerprint density at radius 3 is 2.50 bits per heavy atom. The van der Waals surface area contributed by atoms with Crippen LogP contribution in [0.15, 0.2) is 41.0 Å². The van der Waals surface area contributed by atoms with Gasteiger partial charge in [-0.1, -0.05) is 12.1 Å². The summed E-state index contributed by atoms with van der Waals surface area (Å²) in [6.07, 6.45) is 0. The lowest BCUT2D eigenvalue weighted by molar-refractivity contribution is 0.354. The van der Waals surface area contributed by atoms with Crippen molar-refractivity contribution in [2.45, 2.75) is 13.0 Å². The molecular weight excluding hydrogens is 320 g/mol. The Morgan fingerprint density at radius 1 is 1.10 bits per heavy atom. The van der Waals surface area contributed by atoms with Crippen LogP contribution in [0.3, 0.4) is 0 Å². The lowest BCUT2D eigenvalue weighted by atomic mass is 10.1. The maximum atomic E-state index is 5.32. The Labute approximate surface area is 127 Å². The van der Waals surface area contributed by atoms with Gasteiger partial charge in [0, 0.05) is 0 Å². The molecule has 0 aliphatic heterocycles. The van der Waals surface area contributed by atoms with Crippen LogP contribution in [0.25, 0.3) is 0 Å². The molecule has 1 unspecified atom stereocenters. The predicted molar refractivity (Wildman–Crippen MR) is 83.5 cm³/mol. The highest BCUT2D eigenvalue weighted by molar-refractivity contribution is 9.10. The molecule has 0 bridgehead atoms. The number of nitrogens with one attached hydrogen (secondary N) is 1. The molecule has 0 fully saturated rings. The van der Waals surface area contributed by atoms with E-state index in [2.05, 4.69) is 33.2 Å². The van der Waals surface area contributed by atoms with Crippen molar-refractivity contribution in [2.24, 2.45) is 0 Å². The molecule has 5 heteroatoms. The van der Waals surface area contributed by atoms with Gasteiger partial charge in [0.25, 0.3) is 0 Å². The molecule has 106 valence electrons. The first kappa shape index (κ1) is 14.7. The van der Waals surface area contributed by atoms with Crippen molar-refractivity contribution in [3.63, 3.8) is 0 Å². The molecule has 0 amide bonds. The summed E-state index contributed by atoms with van der Waals surface area (Å²) in [4.78, 5) is 4.36. The minimum absolute atomic E-state index is 0.108.